The Morgan fingerprint density at radius 3 is 2.43 bits per heavy atom. The zero-order chi connectivity index (χ0) is 16.4. The molecule has 0 aromatic heterocycles. The van der Waals surface area contributed by atoms with Gasteiger partial charge in [-0.3, -0.25) is 4.79 Å². The molecule has 5 heteroatoms. The van der Waals surface area contributed by atoms with Crippen LogP contribution >= 0.6 is 0 Å². The fraction of sp³-hybridized carbons (Fsp3) is 0.611. The van der Waals surface area contributed by atoms with E-state index in [0.717, 1.165) is 29.5 Å². The van der Waals surface area contributed by atoms with Crippen LogP contribution in [0.5, 0.6) is 0 Å². The summed E-state index contributed by atoms with van der Waals surface area (Å²) in [5, 5.41) is 2.90. The van der Waals surface area contributed by atoms with Crippen molar-refractivity contribution in [3.8, 4) is 0 Å². The Hall–Kier alpha value is -1.52. The molecule has 23 heavy (non-hydrogen) atoms. The SMILES string of the molecule is O=C(CC1CC2CCC1C2)NCCc1ccc(C(F)(F)F)cc1. The average molecular weight is 325 g/mol. The standard InChI is InChI=1S/C18H22F3NO/c19-18(20,21)16-5-2-12(3-6-16)7-8-22-17(23)11-15-10-13-1-4-14(15)9-13/h2-3,5-6,13-15H,1,4,7-11H2,(H,22,23). The normalized spacial score (nSPS) is 26.5. The summed E-state index contributed by atoms with van der Waals surface area (Å²) in [6.45, 7) is 0.477. The van der Waals surface area contributed by atoms with Crippen LogP contribution in [-0.4, -0.2) is 12.5 Å². The molecule has 126 valence electrons. The highest BCUT2D eigenvalue weighted by atomic mass is 19.4. The Bertz CT molecular complexity index is 552. The largest absolute Gasteiger partial charge is 0.416 e. The van der Waals surface area contributed by atoms with Gasteiger partial charge in [0.1, 0.15) is 0 Å². The minimum Gasteiger partial charge on any atom is -0.356 e. The lowest BCUT2D eigenvalue weighted by Gasteiger charge is -2.20. The molecule has 2 nitrogen and oxygen atoms in total. The van der Waals surface area contributed by atoms with Crippen molar-refractivity contribution >= 4 is 5.91 Å². The summed E-state index contributed by atoms with van der Waals surface area (Å²) in [4.78, 5) is 12.0. The Balaban J connectivity index is 1.40. The second kappa shape index (κ2) is 6.54. The molecule has 2 fully saturated rings. The molecule has 0 heterocycles. The van der Waals surface area contributed by atoms with Crippen LogP contribution in [0.4, 0.5) is 13.2 Å². The van der Waals surface area contributed by atoms with E-state index in [2.05, 4.69) is 5.32 Å². The van der Waals surface area contributed by atoms with E-state index < -0.39 is 11.7 Å². The number of carbonyl (C=O) groups excluding carboxylic acids is 1. The van der Waals surface area contributed by atoms with Crippen LogP contribution in [0.15, 0.2) is 24.3 Å². The Labute approximate surface area is 134 Å². The van der Waals surface area contributed by atoms with Gasteiger partial charge in [0.15, 0.2) is 0 Å². The summed E-state index contributed by atoms with van der Waals surface area (Å²) in [7, 11) is 0. The molecule has 0 radical (unpaired) electrons. The quantitative estimate of drug-likeness (QED) is 0.864. The molecule has 2 saturated carbocycles. The highest BCUT2D eigenvalue weighted by Crippen LogP contribution is 2.49. The first-order valence-corrected chi connectivity index (χ1v) is 8.34. The number of nitrogens with one attached hydrogen (secondary N) is 1. The van der Waals surface area contributed by atoms with Gasteiger partial charge in [0.2, 0.25) is 5.91 Å². The summed E-state index contributed by atoms with van der Waals surface area (Å²) < 4.78 is 37.4. The van der Waals surface area contributed by atoms with Gasteiger partial charge in [0.05, 0.1) is 5.56 Å². The summed E-state index contributed by atoms with van der Waals surface area (Å²) >= 11 is 0. The van der Waals surface area contributed by atoms with Crippen molar-refractivity contribution < 1.29 is 18.0 Å². The van der Waals surface area contributed by atoms with Crippen LogP contribution in [0.25, 0.3) is 0 Å². The fourth-order valence-corrected chi connectivity index (χ4v) is 4.14. The van der Waals surface area contributed by atoms with Crippen molar-refractivity contribution in [2.45, 2.75) is 44.7 Å². The summed E-state index contributed by atoms with van der Waals surface area (Å²) in [6.07, 6.45) is 1.95. The molecule has 3 atom stereocenters. The smallest absolute Gasteiger partial charge is 0.356 e. The zero-order valence-corrected chi connectivity index (χ0v) is 13.0. The van der Waals surface area contributed by atoms with E-state index in [9.17, 15) is 18.0 Å². The van der Waals surface area contributed by atoms with Crippen LogP contribution in [-0.2, 0) is 17.4 Å². The van der Waals surface area contributed by atoms with Gasteiger partial charge >= 0.3 is 6.18 Å². The summed E-state index contributed by atoms with van der Waals surface area (Å²) in [6, 6.07) is 5.13. The van der Waals surface area contributed by atoms with Crippen LogP contribution in [0.3, 0.4) is 0 Å². The minimum atomic E-state index is -4.30. The molecule has 0 spiro atoms. The van der Waals surface area contributed by atoms with Crippen LogP contribution < -0.4 is 5.32 Å². The van der Waals surface area contributed by atoms with E-state index in [4.69, 9.17) is 0 Å². The number of fused-ring (bicyclic) bond motifs is 2. The average Bonchev–Trinajstić information content (AvgIpc) is 3.09. The predicted octanol–water partition coefficient (Wildman–Crippen LogP) is 4.19. The van der Waals surface area contributed by atoms with Crippen LogP contribution in [0.1, 0.15) is 43.2 Å². The monoisotopic (exact) mass is 325 g/mol. The molecule has 3 rings (SSSR count). The third-order valence-corrected chi connectivity index (χ3v) is 5.35. The molecule has 1 aromatic rings. The molecular formula is C18H22F3NO. The van der Waals surface area contributed by atoms with Gasteiger partial charge < -0.3 is 5.32 Å². The third-order valence-electron chi connectivity index (χ3n) is 5.35. The van der Waals surface area contributed by atoms with Crippen molar-refractivity contribution in [3.63, 3.8) is 0 Å². The molecule has 2 aliphatic carbocycles. The minimum absolute atomic E-state index is 0.0782. The number of hydrogen-bond donors (Lipinski definition) is 1. The first-order valence-electron chi connectivity index (χ1n) is 8.34. The van der Waals surface area contributed by atoms with Crippen molar-refractivity contribution in [2.75, 3.05) is 6.54 Å². The number of alkyl halides is 3. The molecule has 0 aliphatic heterocycles. The Morgan fingerprint density at radius 2 is 1.87 bits per heavy atom. The van der Waals surface area contributed by atoms with Crippen molar-refractivity contribution in [1.29, 1.82) is 0 Å². The van der Waals surface area contributed by atoms with Gasteiger partial charge in [-0.1, -0.05) is 18.6 Å². The molecule has 1 aromatic carbocycles. The fourth-order valence-electron chi connectivity index (χ4n) is 4.14. The number of hydrogen-bond acceptors (Lipinski definition) is 1. The van der Waals surface area contributed by atoms with Gasteiger partial charge in [-0.2, -0.15) is 13.2 Å². The Kier molecular flexibility index (Phi) is 4.64. The van der Waals surface area contributed by atoms with E-state index in [1.165, 1.54) is 37.8 Å². The maximum absolute atomic E-state index is 12.5. The van der Waals surface area contributed by atoms with Crippen LogP contribution in [0, 0.1) is 17.8 Å². The summed E-state index contributed by atoms with van der Waals surface area (Å²) in [5.74, 6) is 2.19. The highest BCUT2D eigenvalue weighted by Gasteiger charge is 2.40. The molecule has 1 N–H and O–H groups in total. The van der Waals surface area contributed by atoms with E-state index >= 15 is 0 Å². The first kappa shape index (κ1) is 16.3. The van der Waals surface area contributed by atoms with Crippen molar-refractivity contribution in [2.24, 2.45) is 17.8 Å². The molecule has 3 unspecified atom stereocenters. The van der Waals surface area contributed by atoms with Gasteiger partial charge in [-0.15, -0.1) is 0 Å². The highest BCUT2D eigenvalue weighted by molar-refractivity contribution is 5.76. The van der Waals surface area contributed by atoms with E-state index in [1.54, 1.807) is 0 Å². The molecule has 0 saturated heterocycles. The lowest BCUT2D eigenvalue weighted by atomic mass is 9.86. The molecular weight excluding hydrogens is 303 g/mol. The maximum Gasteiger partial charge on any atom is 0.416 e. The zero-order valence-electron chi connectivity index (χ0n) is 13.0. The van der Waals surface area contributed by atoms with Crippen molar-refractivity contribution in [3.05, 3.63) is 35.4 Å². The summed E-state index contributed by atoms with van der Waals surface area (Å²) in [5.41, 5.74) is 0.166. The van der Waals surface area contributed by atoms with Gasteiger partial charge in [-0.05, 0) is 61.1 Å². The number of benzene rings is 1. The third kappa shape index (κ3) is 4.06. The maximum atomic E-state index is 12.5. The van der Waals surface area contributed by atoms with Crippen LogP contribution in [0.2, 0.25) is 0 Å². The number of amides is 1. The van der Waals surface area contributed by atoms with E-state index in [1.807, 2.05) is 0 Å². The second-order valence-corrected chi connectivity index (χ2v) is 6.93. The molecule has 1 amide bonds. The predicted molar refractivity (Wildman–Crippen MR) is 81.7 cm³/mol. The first-order chi connectivity index (χ1) is 10.9. The number of carbonyl (C=O) groups is 1. The van der Waals surface area contributed by atoms with Crippen molar-refractivity contribution in [1.82, 2.24) is 5.32 Å². The van der Waals surface area contributed by atoms with E-state index in [0.29, 0.717) is 25.3 Å². The van der Waals surface area contributed by atoms with Gasteiger partial charge in [0.25, 0.3) is 0 Å². The molecule has 2 bridgehead atoms. The number of rotatable bonds is 5. The van der Waals surface area contributed by atoms with Gasteiger partial charge in [0, 0.05) is 13.0 Å². The van der Waals surface area contributed by atoms with Gasteiger partial charge in [-0.25, -0.2) is 0 Å². The van der Waals surface area contributed by atoms with E-state index in [-0.39, 0.29) is 5.91 Å². The topological polar surface area (TPSA) is 29.1 Å². The Morgan fingerprint density at radius 1 is 1.13 bits per heavy atom. The molecule has 2 aliphatic rings. The lowest BCUT2D eigenvalue weighted by Crippen LogP contribution is -2.29. The number of halogens is 3. The second-order valence-electron chi connectivity index (χ2n) is 6.93. The lowest BCUT2D eigenvalue weighted by molar-refractivity contribution is -0.137.